The molecular weight excluding hydrogens is 630 g/mol. The molecule has 260 valence electrons. The zero-order chi connectivity index (χ0) is 35.1. The predicted molar refractivity (Wildman–Crippen MR) is 169 cm³/mol. The van der Waals surface area contributed by atoms with Crippen LogP contribution < -0.4 is 26.6 Å². The van der Waals surface area contributed by atoms with Crippen LogP contribution in [0.4, 0.5) is 0 Å². The van der Waals surface area contributed by atoms with Crippen LogP contribution in [0, 0.1) is 0 Å². The van der Waals surface area contributed by atoms with Gasteiger partial charge in [-0.15, -0.1) is 0 Å². The highest BCUT2D eigenvalue weighted by molar-refractivity contribution is 6.17. The molecule has 1 aliphatic rings. The van der Waals surface area contributed by atoms with Gasteiger partial charge in [0, 0.05) is 18.4 Å². The van der Waals surface area contributed by atoms with E-state index in [1.807, 2.05) is 0 Å². The highest BCUT2D eigenvalue weighted by atomic mass is 16.5. The minimum Gasteiger partial charge on any atom is -0.480 e. The maximum absolute atomic E-state index is 12.9. The number of carbonyl (C=O) groups excluding carboxylic acids is 7. The van der Waals surface area contributed by atoms with Gasteiger partial charge in [0.15, 0.2) is 11.6 Å². The lowest BCUT2D eigenvalue weighted by Gasteiger charge is -2.19. The van der Waals surface area contributed by atoms with E-state index >= 15 is 0 Å². The summed E-state index contributed by atoms with van der Waals surface area (Å²) in [5, 5.41) is 20.7. The van der Waals surface area contributed by atoms with Crippen LogP contribution in [0.3, 0.4) is 0 Å². The number of benzene rings is 1. The van der Waals surface area contributed by atoms with Gasteiger partial charge in [0.1, 0.15) is 19.4 Å². The van der Waals surface area contributed by atoms with Crippen LogP contribution >= 0.6 is 0 Å². The molecule has 1 atom stereocenters. The minimum absolute atomic E-state index is 0.0179. The van der Waals surface area contributed by atoms with Crippen molar-refractivity contribution < 1.29 is 52.9 Å². The standard InChI is InChI=1S/C32H41N5O11/c38-24-11-12-26(39)23(16-24)9-5-2-6-10-27(40)33-17-28(41)34-19-30(43)37-25(15-22-7-3-1-4-8-22)32(46)35-18-29(42)36-21-48-14-13-47-20-31(44)45/h1,3-4,7-8,11-12,16,25H,2,5-6,9-10,13-15,17-21H2,(H,33,40)(H,34,41)(H,35,46)(H,36,42)(H,37,43)(H,44,45)/t25-/m0/s1. The van der Waals surface area contributed by atoms with Crippen molar-refractivity contribution in [2.24, 2.45) is 0 Å². The molecule has 0 heterocycles. The maximum Gasteiger partial charge on any atom is 0.329 e. The lowest BCUT2D eigenvalue weighted by Crippen LogP contribution is -2.52. The molecule has 6 N–H and O–H groups in total. The van der Waals surface area contributed by atoms with Crippen molar-refractivity contribution in [1.82, 2.24) is 26.6 Å². The number of rotatable bonds is 23. The van der Waals surface area contributed by atoms with Crippen LogP contribution in [0.1, 0.15) is 37.7 Å². The molecule has 2 rings (SSSR count). The molecule has 0 radical (unpaired) electrons. The lowest BCUT2D eigenvalue weighted by atomic mass is 9.98. The van der Waals surface area contributed by atoms with Crippen LogP contribution in [0.5, 0.6) is 0 Å². The molecule has 0 saturated carbocycles. The molecule has 16 heteroatoms. The summed E-state index contributed by atoms with van der Waals surface area (Å²) in [5.74, 6) is -4.39. The van der Waals surface area contributed by atoms with Crippen molar-refractivity contribution in [3.63, 3.8) is 0 Å². The van der Waals surface area contributed by atoms with E-state index < -0.39 is 55.3 Å². The molecule has 0 spiro atoms. The van der Waals surface area contributed by atoms with E-state index in [1.165, 1.54) is 18.2 Å². The topological polar surface area (TPSA) is 235 Å². The van der Waals surface area contributed by atoms with Crippen molar-refractivity contribution in [3.8, 4) is 0 Å². The van der Waals surface area contributed by atoms with Crippen LogP contribution in [0.2, 0.25) is 0 Å². The van der Waals surface area contributed by atoms with Gasteiger partial charge < -0.3 is 41.2 Å². The van der Waals surface area contributed by atoms with Gasteiger partial charge in [-0.2, -0.15) is 0 Å². The number of unbranched alkanes of at least 4 members (excludes halogenated alkanes) is 2. The Labute approximate surface area is 277 Å². The van der Waals surface area contributed by atoms with Crippen molar-refractivity contribution >= 4 is 47.1 Å². The number of aliphatic carboxylic acids is 1. The largest absolute Gasteiger partial charge is 0.480 e. The van der Waals surface area contributed by atoms with E-state index in [-0.39, 0.29) is 56.8 Å². The first-order valence-electron chi connectivity index (χ1n) is 15.3. The number of allylic oxidation sites excluding steroid dienone is 4. The number of carboxylic acid groups (broad SMARTS) is 1. The summed E-state index contributed by atoms with van der Waals surface area (Å²) in [6, 6.07) is 7.76. The molecular formula is C32H41N5O11. The fourth-order valence-corrected chi connectivity index (χ4v) is 4.18. The van der Waals surface area contributed by atoms with E-state index in [0.29, 0.717) is 31.3 Å². The first-order valence-corrected chi connectivity index (χ1v) is 15.3. The first kappa shape index (κ1) is 39.0. The summed E-state index contributed by atoms with van der Waals surface area (Å²) in [4.78, 5) is 95.3. The molecule has 1 aromatic carbocycles. The summed E-state index contributed by atoms with van der Waals surface area (Å²) < 4.78 is 9.89. The van der Waals surface area contributed by atoms with Gasteiger partial charge in [-0.1, -0.05) is 36.8 Å². The van der Waals surface area contributed by atoms with Gasteiger partial charge in [-0.25, -0.2) is 4.79 Å². The van der Waals surface area contributed by atoms with Crippen molar-refractivity contribution in [2.45, 2.75) is 44.6 Å². The molecule has 0 aliphatic heterocycles. The molecule has 0 saturated heterocycles. The average Bonchev–Trinajstić information content (AvgIpc) is 3.06. The number of carbonyl (C=O) groups is 8. The zero-order valence-corrected chi connectivity index (χ0v) is 26.4. The van der Waals surface area contributed by atoms with Gasteiger partial charge in [0.25, 0.3) is 0 Å². The number of ketones is 2. The van der Waals surface area contributed by atoms with E-state index in [2.05, 4.69) is 26.6 Å². The molecule has 0 aromatic heterocycles. The van der Waals surface area contributed by atoms with Gasteiger partial charge in [-0.05, 0) is 43.1 Å². The normalized spacial score (nSPS) is 12.8. The third-order valence-corrected chi connectivity index (χ3v) is 6.60. The third kappa shape index (κ3) is 17.5. The van der Waals surface area contributed by atoms with Crippen LogP contribution in [-0.2, 0) is 54.3 Å². The molecule has 48 heavy (non-hydrogen) atoms. The van der Waals surface area contributed by atoms with E-state index in [0.717, 1.165) is 5.56 Å². The highest BCUT2D eigenvalue weighted by Gasteiger charge is 2.22. The predicted octanol–water partition coefficient (Wildman–Crippen LogP) is -1.16. The molecule has 0 unspecified atom stereocenters. The number of ether oxygens (including phenoxy) is 2. The van der Waals surface area contributed by atoms with Crippen molar-refractivity contribution in [3.05, 3.63) is 59.7 Å². The second-order valence-corrected chi connectivity index (χ2v) is 10.5. The second-order valence-electron chi connectivity index (χ2n) is 10.5. The van der Waals surface area contributed by atoms with E-state index in [4.69, 9.17) is 14.6 Å². The monoisotopic (exact) mass is 671 g/mol. The Hall–Kier alpha value is -5.22. The number of hydrogen-bond donors (Lipinski definition) is 6. The Morgan fingerprint density at radius 3 is 2.15 bits per heavy atom. The highest BCUT2D eigenvalue weighted by Crippen LogP contribution is 2.14. The van der Waals surface area contributed by atoms with Crippen LogP contribution in [0.15, 0.2) is 54.1 Å². The minimum atomic E-state index is -1.12. The summed E-state index contributed by atoms with van der Waals surface area (Å²) in [6.45, 7) is -1.83. The molecule has 0 bridgehead atoms. The van der Waals surface area contributed by atoms with Crippen molar-refractivity contribution in [1.29, 1.82) is 0 Å². The van der Waals surface area contributed by atoms with Crippen LogP contribution in [0.25, 0.3) is 0 Å². The summed E-state index contributed by atoms with van der Waals surface area (Å²) >= 11 is 0. The molecule has 0 fully saturated rings. The number of hydrogen-bond acceptors (Lipinski definition) is 10. The quantitative estimate of drug-likeness (QED) is 0.0461. The fraction of sp³-hybridized carbons (Fsp3) is 0.438. The fourth-order valence-electron chi connectivity index (χ4n) is 4.18. The summed E-state index contributed by atoms with van der Waals surface area (Å²) in [6.07, 6.45) is 6.29. The van der Waals surface area contributed by atoms with Crippen molar-refractivity contribution in [2.75, 3.05) is 46.2 Å². The van der Waals surface area contributed by atoms with Gasteiger partial charge in [0.2, 0.25) is 29.5 Å². The lowest BCUT2D eigenvalue weighted by molar-refractivity contribution is -0.142. The Kier molecular flexibility index (Phi) is 18.1. The number of amides is 5. The molecule has 1 aliphatic carbocycles. The van der Waals surface area contributed by atoms with Crippen LogP contribution in [-0.4, -0.2) is 104 Å². The Morgan fingerprint density at radius 2 is 1.40 bits per heavy atom. The average molecular weight is 672 g/mol. The van der Waals surface area contributed by atoms with Gasteiger partial charge in [0.05, 0.1) is 32.8 Å². The van der Waals surface area contributed by atoms with E-state index in [9.17, 15) is 38.4 Å². The summed E-state index contributed by atoms with van der Waals surface area (Å²) in [5.41, 5.74) is 1.18. The van der Waals surface area contributed by atoms with Gasteiger partial charge >= 0.3 is 5.97 Å². The smallest absolute Gasteiger partial charge is 0.329 e. The molecule has 5 amide bonds. The number of nitrogens with one attached hydrogen (secondary N) is 5. The Morgan fingerprint density at radius 1 is 0.729 bits per heavy atom. The number of carboxylic acids is 1. The van der Waals surface area contributed by atoms with E-state index in [1.54, 1.807) is 30.3 Å². The molecule has 1 aromatic rings. The summed E-state index contributed by atoms with van der Waals surface area (Å²) in [7, 11) is 0. The third-order valence-electron chi connectivity index (χ3n) is 6.60. The first-order chi connectivity index (χ1) is 23.0. The second kappa shape index (κ2) is 22.3. The SMILES string of the molecule is O=C1C=CC(=O)C(CCCCCC(=O)NCC(=O)NCC(=O)N[C@@H](Cc2ccccc2)C(=O)NCC(=O)NCOCCOCC(=O)O)=C1. The molecule has 16 nitrogen and oxygen atoms in total. The Bertz CT molecular complexity index is 1360. The Balaban J connectivity index is 1.68. The van der Waals surface area contributed by atoms with Gasteiger partial charge in [-0.3, -0.25) is 33.6 Å². The zero-order valence-electron chi connectivity index (χ0n) is 26.4. The maximum atomic E-state index is 12.9.